The van der Waals surface area contributed by atoms with E-state index in [0.29, 0.717) is 0 Å². The molecule has 0 fully saturated rings. The molecule has 0 saturated heterocycles. The van der Waals surface area contributed by atoms with Gasteiger partial charge in [0.1, 0.15) is 0 Å². The summed E-state index contributed by atoms with van der Waals surface area (Å²) in [7, 11) is 0. The Kier molecular flexibility index (Phi) is 12.2. The van der Waals surface area contributed by atoms with E-state index in [9.17, 15) is 4.79 Å². The number of hydrogen-bond acceptors (Lipinski definition) is 1. The molecule has 0 radical (unpaired) electrons. The van der Waals surface area contributed by atoms with E-state index >= 15 is 0 Å². The number of aliphatic carboxylic acids is 1. The number of unbranched alkanes of at least 4 members (excludes halogenated alkanes) is 1. The minimum absolute atomic E-state index is 0. The third kappa shape index (κ3) is 7.47. The fourth-order valence-electron chi connectivity index (χ4n) is 0.953. The monoisotopic (exact) mass is 184 g/mol. The van der Waals surface area contributed by atoms with E-state index in [0.717, 1.165) is 25.7 Å². The van der Waals surface area contributed by atoms with Crippen molar-refractivity contribution < 1.29 is 62.7 Å². The van der Waals surface area contributed by atoms with Gasteiger partial charge in [-0.1, -0.05) is 26.7 Å². The van der Waals surface area contributed by atoms with Gasteiger partial charge in [-0.05, 0) is 12.8 Å². The molecule has 0 aliphatic heterocycles. The van der Waals surface area contributed by atoms with E-state index in [4.69, 9.17) is 5.11 Å². The molecule has 0 rings (SSSR count). The molecule has 0 aliphatic rings. The fraction of sp³-hybridized carbons (Fsp3) is 0.875. The van der Waals surface area contributed by atoms with Gasteiger partial charge >= 0.3 is 57.4 Å². The predicted octanol–water partition coefficient (Wildman–Crippen LogP) is -0.596. The minimum Gasteiger partial charge on any atom is -1.00 e. The van der Waals surface area contributed by atoms with Crippen molar-refractivity contribution in [1.82, 2.24) is 0 Å². The van der Waals surface area contributed by atoms with Crippen LogP contribution in [0.4, 0.5) is 0 Å². The predicted molar refractivity (Wildman–Crippen MR) is 42.1 cm³/mol. The van der Waals surface area contributed by atoms with Crippen molar-refractivity contribution in [2.45, 2.75) is 39.5 Å². The van der Waals surface area contributed by atoms with Crippen LogP contribution in [0.25, 0.3) is 0 Å². The molecule has 3 heteroatoms. The average Bonchev–Trinajstić information content (AvgIpc) is 1.89. The molecule has 1 atom stereocenters. The maximum absolute atomic E-state index is 10.4. The molecule has 1 N–H and O–H groups in total. The molecule has 0 heterocycles. The first-order valence-electron chi connectivity index (χ1n) is 3.95. The zero-order valence-electron chi connectivity index (χ0n) is 8.76. The molecular weight excluding hydrogens is 167 g/mol. The van der Waals surface area contributed by atoms with Crippen molar-refractivity contribution in [3.8, 4) is 0 Å². The summed E-state index contributed by atoms with van der Waals surface area (Å²) in [5.41, 5.74) is 0. The number of hydrogen-bond donors (Lipinski definition) is 1. The second kappa shape index (κ2) is 9.20. The van der Waals surface area contributed by atoms with Gasteiger partial charge in [-0.25, -0.2) is 0 Å². The first-order chi connectivity index (χ1) is 4.72. The van der Waals surface area contributed by atoms with Crippen LogP contribution in [0.5, 0.6) is 0 Å². The third-order valence-corrected chi connectivity index (χ3v) is 1.75. The summed E-state index contributed by atoms with van der Waals surface area (Å²) in [5.74, 6) is -0.754. The summed E-state index contributed by atoms with van der Waals surface area (Å²) < 4.78 is 0. The summed E-state index contributed by atoms with van der Waals surface area (Å²) in [6.07, 6.45) is 3.71. The van der Waals surface area contributed by atoms with Crippen molar-refractivity contribution in [3.63, 3.8) is 0 Å². The molecule has 0 aliphatic carbocycles. The molecule has 0 aromatic rings. The van der Waals surface area contributed by atoms with Crippen LogP contribution in [0.15, 0.2) is 0 Å². The Bertz CT molecular complexity index is 109. The van der Waals surface area contributed by atoms with E-state index in [1.807, 2.05) is 6.92 Å². The number of rotatable bonds is 5. The normalized spacial score (nSPS) is 11.8. The molecule has 0 bridgehead atoms. The molecule has 1 unspecified atom stereocenters. The van der Waals surface area contributed by atoms with Crippen molar-refractivity contribution >= 4 is 5.97 Å². The van der Waals surface area contributed by atoms with E-state index in [-0.39, 0.29) is 58.7 Å². The second-order valence-electron chi connectivity index (χ2n) is 2.59. The summed E-state index contributed by atoms with van der Waals surface area (Å²) in [5, 5.41) is 8.60. The van der Waals surface area contributed by atoms with Gasteiger partial charge in [0, 0.05) is 0 Å². The van der Waals surface area contributed by atoms with Crippen LogP contribution in [0.3, 0.4) is 0 Å². The van der Waals surface area contributed by atoms with Gasteiger partial charge in [-0.3, -0.25) is 4.79 Å². The molecule has 11 heavy (non-hydrogen) atoms. The van der Waals surface area contributed by atoms with Crippen molar-refractivity contribution in [1.29, 1.82) is 0 Å². The van der Waals surface area contributed by atoms with Gasteiger partial charge in [-0.2, -0.15) is 0 Å². The van der Waals surface area contributed by atoms with Crippen LogP contribution in [0.1, 0.15) is 41.0 Å². The van der Waals surface area contributed by atoms with Gasteiger partial charge in [-0.15, -0.1) is 0 Å². The van der Waals surface area contributed by atoms with Crippen LogP contribution in [0, 0.1) is 5.92 Å². The number of carboxylic acid groups (broad SMARTS) is 1. The van der Waals surface area contributed by atoms with Crippen LogP contribution in [0.2, 0.25) is 0 Å². The molecule has 2 nitrogen and oxygen atoms in total. The molecule has 0 saturated carbocycles. The van der Waals surface area contributed by atoms with E-state index in [1.165, 1.54) is 0 Å². The largest absolute Gasteiger partial charge is 1.00 e. The topological polar surface area (TPSA) is 37.3 Å². The molecule has 0 aromatic heterocycles. The zero-order valence-corrected chi connectivity index (χ0v) is 10.9. The minimum atomic E-state index is -0.643. The smallest absolute Gasteiger partial charge is 1.00 e. The second-order valence-corrected chi connectivity index (χ2v) is 2.59. The molecule has 0 spiro atoms. The molecule has 0 aromatic carbocycles. The van der Waals surface area contributed by atoms with E-state index in [2.05, 4.69) is 6.92 Å². The summed E-state index contributed by atoms with van der Waals surface area (Å²) in [4.78, 5) is 10.4. The summed E-state index contributed by atoms with van der Waals surface area (Å²) in [6, 6.07) is 0. The molecular formula is C8H17KO2. The number of carboxylic acids is 1. The quantitative estimate of drug-likeness (QED) is 0.580. The van der Waals surface area contributed by atoms with Gasteiger partial charge in [0.05, 0.1) is 5.92 Å². The van der Waals surface area contributed by atoms with E-state index < -0.39 is 5.97 Å². The van der Waals surface area contributed by atoms with Crippen LogP contribution >= 0.6 is 0 Å². The van der Waals surface area contributed by atoms with Crippen LogP contribution in [-0.4, -0.2) is 11.1 Å². The Balaban J connectivity index is -0.000000405. The Labute approximate surface area is 113 Å². The Morgan fingerprint density at radius 3 is 2.36 bits per heavy atom. The summed E-state index contributed by atoms with van der Waals surface area (Å²) in [6.45, 7) is 4.00. The third-order valence-electron chi connectivity index (χ3n) is 1.75. The fourth-order valence-corrected chi connectivity index (χ4v) is 0.953. The zero-order chi connectivity index (χ0) is 7.98. The van der Waals surface area contributed by atoms with Crippen LogP contribution in [-0.2, 0) is 4.79 Å². The van der Waals surface area contributed by atoms with Gasteiger partial charge < -0.3 is 6.53 Å². The Hall–Kier alpha value is 1.11. The molecule has 0 amide bonds. The summed E-state index contributed by atoms with van der Waals surface area (Å²) >= 11 is 0. The Morgan fingerprint density at radius 2 is 2.09 bits per heavy atom. The van der Waals surface area contributed by atoms with Gasteiger partial charge in [0.2, 0.25) is 0 Å². The van der Waals surface area contributed by atoms with Crippen molar-refractivity contribution in [2.24, 2.45) is 5.92 Å². The standard InChI is InChI=1S/C8H16O2.K.H/c1-3-5-6-7(4-2)8(9)10;;/h7H,3-6H2,1-2H3,(H,9,10);;/q;+1;-1. The average molecular weight is 184 g/mol. The SMILES string of the molecule is CCCCC(CC)C(=O)O.[H-].[K+]. The number of carbonyl (C=O) groups is 1. The maximum atomic E-state index is 10.4. The first-order valence-corrected chi connectivity index (χ1v) is 3.95. The Morgan fingerprint density at radius 1 is 1.55 bits per heavy atom. The molecule has 62 valence electrons. The van der Waals surface area contributed by atoms with Gasteiger partial charge in [0.15, 0.2) is 0 Å². The van der Waals surface area contributed by atoms with E-state index in [1.54, 1.807) is 0 Å². The van der Waals surface area contributed by atoms with Gasteiger partial charge in [0.25, 0.3) is 0 Å². The maximum Gasteiger partial charge on any atom is 1.00 e. The van der Waals surface area contributed by atoms with Crippen molar-refractivity contribution in [2.75, 3.05) is 0 Å². The van der Waals surface area contributed by atoms with Crippen molar-refractivity contribution in [3.05, 3.63) is 0 Å². The first kappa shape index (κ1) is 14.6. The van der Waals surface area contributed by atoms with Crippen LogP contribution < -0.4 is 51.4 Å².